The van der Waals surface area contributed by atoms with E-state index in [2.05, 4.69) is 10.3 Å². The van der Waals surface area contributed by atoms with Crippen molar-refractivity contribution < 1.29 is 17.9 Å². The summed E-state index contributed by atoms with van der Waals surface area (Å²) in [5, 5.41) is 2.85. The molecule has 0 aliphatic carbocycles. The van der Waals surface area contributed by atoms with Crippen LogP contribution in [0.4, 0.5) is 0 Å². The zero-order valence-electron chi connectivity index (χ0n) is 17.6. The topological polar surface area (TPSA) is 88.6 Å². The zero-order valence-corrected chi connectivity index (χ0v) is 18.5. The van der Waals surface area contributed by atoms with Gasteiger partial charge in [-0.25, -0.2) is 8.42 Å². The lowest BCUT2D eigenvalue weighted by atomic mass is 10.1. The molecule has 0 fully saturated rings. The highest BCUT2D eigenvalue weighted by Gasteiger charge is 2.26. The van der Waals surface area contributed by atoms with E-state index in [9.17, 15) is 13.2 Å². The number of methoxy groups -OCH3 is 1. The first-order valence-corrected chi connectivity index (χ1v) is 11.2. The molecule has 0 radical (unpaired) electrons. The SMILES string of the molecule is COc1ccc(C(=O)NC(C)c2ccccn2)cc1S(=O)(=O)N(C)Cc1ccccc1. The predicted molar refractivity (Wildman–Crippen MR) is 118 cm³/mol. The highest BCUT2D eigenvalue weighted by atomic mass is 32.2. The monoisotopic (exact) mass is 439 g/mol. The Bertz CT molecular complexity index is 1140. The van der Waals surface area contributed by atoms with Crippen molar-refractivity contribution in [3.63, 3.8) is 0 Å². The summed E-state index contributed by atoms with van der Waals surface area (Å²) in [4.78, 5) is 17.0. The van der Waals surface area contributed by atoms with E-state index in [1.165, 1.54) is 36.7 Å². The van der Waals surface area contributed by atoms with Crippen molar-refractivity contribution in [3.05, 3.63) is 89.7 Å². The molecular weight excluding hydrogens is 414 g/mol. The summed E-state index contributed by atoms with van der Waals surface area (Å²) in [5.41, 5.74) is 1.78. The molecule has 0 spiro atoms. The van der Waals surface area contributed by atoms with E-state index in [-0.39, 0.29) is 28.8 Å². The lowest BCUT2D eigenvalue weighted by Crippen LogP contribution is -2.29. The normalized spacial score (nSPS) is 12.4. The van der Waals surface area contributed by atoms with Crippen LogP contribution in [0, 0.1) is 0 Å². The quantitative estimate of drug-likeness (QED) is 0.581. The second-order valence-electron chi connectivity index (χ2n) is 7.06. The standard InChI is InChI=1S/C23H25N3O4S/c1-17(20-11-7-8-14-24-20)25-23(27)19-12-13-21(30-3)22(15-19)31(28,29)26(2)16-18-9-5-4-6-10-18/h4-15,17H,16H2,1-3H3,(H,25,27). The minimum absolute atomic E-state index is 0.0634. The Morgan fingerprint density at radius 2 is 1.81 bits per heavy atom. The Kier molecular flexibility index (Phi) is 7.04. The summed E-state index contributed by atoms with van der Waals surface area (Å²) in [7, 11) is -1.01. The number of nitrogens with one attached hydrogen (secondary N) is 1. The number of hydrogen-bond acceptors (Lipinski definition) is 5. The van der Waals surface area contributed by atoms with E-state index in [1.54, 1.807) is 12.3 Å². The molecule has 0 bridgehead atoms. The number of sulfonamides is 1. The maximum Gasteiger partial charge on any atom is 0.251 e. The lowest BCUT2D eigenvalue weighted by Gasteiger charge is -2.20. The molecule has 2 aromatic carbocycles. The Morgan fingerprint density at radius 1 is 1.10 bits per heavy atom. The molecular formula is C23H25N3O4S. The van der Waals surface area contributed by atoms with Gasteiger partial charge in [0.25, 0.3) is 5.91 Å². The van der Waals surface area contributed by atoms with Gasteiger partial charge in [-0.15, -0.1) is 0 Å². The fraction of sp³-hybridized carbons (Fsp3) is 0.217. The van der Waals surface area contributed by atoms with Crippen LogP contribution in [0.5, 0.6) is 5.75 Å². The molecule has 3 rings (SSSR count). The van der Waals surface area contributed by atoms with Crippen molar-refractivity contribution in [2.24, 2.45) is 0 Å². The highest BCUT2D eigenvalue weighted by molar-refractivity contribution is 7.89. The smallest absolute Gasteiger partial charge is 0.251 e. The van der Waals surface area contributed by atoms with Crippen molar-refractivity contribution in [1.29, 1.82) is 0 Å². The molecule has 1 unspecified atom stereocenters. The molecule has 0 aliphatic heterocycles. The molecule has 1 amide bonds. The van der Waals surface area contributed by atoms with E-state index in [0.29, 0.717) is 5.69 Å². The van der Waals surface area contributed by atoms with Crippen molar-refractivity contribution in [2.75, 3.05) is 14.2 Å². The number of carbonyl (C=O) groups excluding carboxylic acids is 1. The predicted octanol–water partition coefficient (Wildman–Crippen LogP) is 3.40. The minimum atomic E-state index is -3.90. The van der Waals surface area contributed by atoms with Crippen LogP contribution in [0.2, 0.25) is 0 Å². The van der Waals surface area contributed by atoms with Gasteiger partial charge in [0.05, 0.1) is 18.8 Å². The molecule has 8 heteroatoms. The summed E-state index contributed by atoms with van der Waals surface area (Å²) in [6.07, 6.45) is 1.65. The Balaban J connectivity index is 1.86. The fourth-order valence-electron chi connectivity index (χ4n) is 3.10. The molecule has 7 nitrogen and oxygen atoms in total. The molecule has 1 atom stereocenters. The van der Waals surface area contributed by atoms with Gasteiger partial charge < -0.3 is 10.1 Å². The van der Waals surface area contributed by atoms with Crippen LogP contribution in [-0.2, 0) is 16.6 Å². The Morgan fingerprint density at radius 3 is 2.45 bits per heavy atom. The van der Waals surface area contributed by atoms with Crippen molar-refractivity contribution in [3.8, 4) is 5.75 Å². The molecule has 1 aromatic heterocycles. The molecule has 3 aromatic rings. The Hall–Kier alpha value is -3.23. The van der Waals surface area contributed by atoms with Crippen LogP contribution in [-0.4, -0.2) is 37.8 Å². The first-order chi connectivity index (χ1) is 14.8. The van der Waals surface area contributed by atoms with Gasteiger partial charge in [-0.05, 0) is 42.8 Å². The van der Waals surface area contributed by atoms with E-state index < -0.39 is 15.9 Å². The van der Waals surface area contributed by atoms with E-state index in [4.69, 9.17) is 4.74 Å². The summed E-state index contributed by atoms with van der Waals surface area (Å²) >= 11 is 0. The largest absolute Gasteiger partial charge is 0.495 e. The summed E-state index contributed by atoms with van der Waals surface area (Å²) < 4.78 is 33.0. The number of benzene rings is 2. The molecule has 0 aliphatic rings. The van der Waals surface area contributed by atoms with Gasteiger partial charge >= 0.3 is 0 Å². The Labute approximate surface area is 182 Å². The number of hydrogen-bond donors (Lipinski definition) is 1. The third-order valence-electron chi connectivity index (χ3n) is 4.84. The first-order valence-electron chi connectivity index (χ1n) is 9.73. The minimum Gasteiger partial charge on any atom is -0.495 e. The number of nitrogens with zero attached hydrogens (tertiary/aromatic N) is 2. The molecule has 162 valence electrons. The molecule has 1 heterocycles. The van der Waals surface area contributed by atoms with Gasteiger partial charge in [-0.3, -0.25) is 9.78 Å². The number of rotatable bonds is 8. The van der Waals surface area contributed by atoms with Gasteiger partial charge in [0, 0.05) is 25.4 Å². The maximum absolute atomic E-state index is 13.2. The third kappa shape index (κ3) is 5.28. The van der Waals surface area contributed by atoms with Crippen LogP contribution >= 0.6 is 0 Å². The summed E-state index contributed by atoms with van der Waals surface area (Å²) in [5.74, 6) is -0.225. The number of carbonyl (C=O) groups is 1. The number of amides is 1. The van der Waals surface area contributed by atoms with Crippen LogP contribution < -0.4 is 10.1 Å². The third-order valence-corrected chi connectivity index (χ3v) is 6.67. The average Bonchev–Trinajstić information content (AvgIpc) is 2.79. The van der Waals surface area contributed by atoms with Crippen LogP contribution in [0.25, 0.3) is 0 Å². The van der Waals surface area contributed by atoms with Crippen LogP contribution in [0.3, 0.4) is 0 Å². The number of ether oxygens (including phenoxy) is 1. The molecule has 0 saturated heterocycles. The zero-order chi connectivity index (χ0) is 22.4. The van der Waals surface area contributed by atoms with Crippen LogP contribution in [0.15, 0.2) is 77.8 Å². The second kappa shape index (κ2) is 9.72. The number of pyridine rings is 1. The fourth-order valence-corrected chi connectivity index (χ4v) is 4.44. The number of aromatic nitrogens is 1. The maximum atomic E-state index is 13.2. The van der Waals surface area contributed by atoms with E-state index >= 15 is 0 Å². The second-order valence-corrected chi connectivity index (χ2v) is 9.08. The lowest BCUT2D eigenvalue weighted by molar-refractivity contribution is 0.0939. The van der Waals surface area contributed by atoms with E-state index in [0.717, 1.165) is 5.56 Å². The van der Waals surface area contributed by atoms with E-state index in [1.807, 2.05) is 49.4 Å². The molecule has 31 heavy (non-hydrogen) atoms. The first kappa shape index (κ1) is 22.5. The van der Waals surface area contributed by atoms with Crippen molar-refractivity contribution in [2.45, 2.75) is 24.4 Å². The average molecular weight is 440 g/mol. The van der Waals surface area contributed by atoms with Gasteiger partial charge in [0.1, 0.15) is 10.6 Å². The summed E-state index contributed by atoms with van der Waals surface area (Å²) in [6, 6.07) is 18.8. The molecule has 1 N–H and O–H groups in total. The van der Waals surface area contributed by atoms with Crippen molar-refractivity contribution in [1.82, 2.24) is 14.6 Å². The summed E-state index contributed by atoms with van der Waals surface area (Å²) in [6.45, 7) is 2.01. The van der Waals surface area contributed by atoms with Gasteiger partial charge in [-0.2, -0.15) is 4.31 Å². The van der Waals surface area contributed by atoms with Crippen molar-refractivity contribution >= 4 is 15.9 Å². The highest BCUT2D eigenvalue weighted by Crippen LogP contribution is 2.28. The van der Waals surface area contributed by atoms with Gasteiger partial charge in [-0.1, -0.05) is 36.4 Å². The van der Waals surface area contributed by atoms with Crippen LogP contribution in [0.1, 0.15) is 34.6 Å². The van der Waals surface area contributed by atoms with Gasteiger partial charge in [0.2, 0.25) is 10.0 Å². The van der Waals surface area contributed by atoms with Gasteiger partial charge in [0.15, 0.2) is 0 Å². The molecule has 0 saturated carbocycles.